The van der Waals surface area contributed by atoms with Crippen molar-refractivity contribution in [1.29, 1.82) is 0 Å². The zero-order chi connectivity index (χ0) is 9.84. The molecule has 5 heteroatoms. The van der Waals surface area contributed by atoms with Gasteiger partial charge in [-0.2, -0.15) is 0 Å². The van der Waals surface area contributed by atoms with Crippen LogP contribution in [0.4, 0.5) is 10.1 Å². The van der Waals surface area contributed by atoms with Gasteiger partial charge in [0.25, 0.3) is 4.92 Å². The van der Waals surface area contributed by atoms with Gasteiger partial charge >= 0.3 is 5.69 Å². The lowest BCUT2D eigenvalue weighted by Gasteiger charge is -1.98. The van der Waals surface area contributed by atoms with Crippen LogP contribution in [-0.2, 0) is 4.84 Å². The fraction of sp³-hybridized carbons (Fsp3) is 0.250. The molecule has 0 aliphatic heterocycles. The lowest BCUT2D eigenvalue weighted by atomic mass is 10.3. The highest BCUT2D eigenvalue weighted by Gasteiger charge is 2.16. The third kappa shape index (κ3) is 1.93. The molecule has 0 aromatic heterocycles. The Bertz CT molecular complexity index is 327. The summed E-state index contributed by atoms with van der Waals surface area (Å²) in [7, 11) is 2.55. The van der Waals surface area contributed by atoms with Crippen LogP contribution in [0, 0.1) is 10.7 Å². The first-order valence-corrected chi connectivity index (χ1v) is 3.54. The Hall–Kier alpha value is -1.65. The van der Waals surface area contributed by atoms with Gasteiger partial charge in [-0.05, 0) is 6.07 Å². The fourth-order valence-electron chi connectivity index (χ4n) is 0.874. The summed E-state index contributed by atoms with van der Waals surface area (Å²) >= 11 is 0. The molecule has 0 saturated heterocycles. The van der Waals surface area contributed by atoms with Crippen molar-refractivity contribution in [3.63, 3.8) is 0 Å². The number of hydrogen-bond acceptors (Lipinski definition) is 3. The zero-order valence-electron chi connectivity index (χ0n) is 7.28. The molecule has 0 radical (unpaired) electrons. The molecule has 0 saturated carbocycles. The van der Waals surface area contributed by atoms with Crippen LogP contribution in [0.5, 0.6) is 5.75 Å². The van der Waals surface area contributed by atoms with E-state index in [1.54, 1.807) is 0 Å². The first-order chi connectivity index (χ1) is 6.19. The Morgan fingerprint density at radius 1 is 1.38 bits per heavy atom. The van der Waals surface area contributed by atoms with Crippen LogP contribution in [0.2, 0.25) is 0 Å². The summed E-state index contributed by atoms with van der Waals surface area (Å²) in [6, 6.07) is 3.79. The van der Waals surface area contributed by atoms with Crippen molar-refractivity contribution in [1.82, 2.24) is 0 Å². The first kappa shape index (κ1) is 9.44. The van der Waals surface area contributed by atoms with Crippen LogP contribution >= 0.6 is 0 Å². The van der Waals surface area contributed by atoms with Gasteiger partial charge in [0.05, 0.1) is 18.1 Å². The lowest BCUT2D eigenvalue weighted by molar-refractivity contribution is -0.736. The Morgan fingerprint density at radius 2 is 2.08 bits per heavy atom. The van der Waals surface area contributed by atoms with E-state index < -0.39 is 5.82 Å². The van der Waals surface area contributed by atoms with Gasteiger partial charge in [-0.1, -0.05) is 0 Å². The molecule has 0 heterocycles. The molecule has 4 nitrogen and oxygen atoms in total. The minimum Gasteiger partial charge on any atom is -0.494 e. The molecule has 0 aliphatic rings. The Morgan fingerprint density at radius 3 is 2.54 bits per heavy atom. The Kier molecular flexibility index (Phi) is 2.79. The molecule has 1 aromatic carbocycles. The largest absolute Gasteiger partial charge is 0.494 e. The fourth-order valence-corrected chi connectivity index (χ4v) is 0.874. The SMILES string of the molecule is COc1ccc([N+](=O)OC)cc1F. The predicted molar refractivity (Wildman–Crippen MR) is 43.2 cm³/mol. The maximum atomic E-state index is 13.0. The van der Waals surface area contributed by atoms with Crippen LogP contribution in [0.15, 0.2) is 18.2 Å². The van der Waals surface area contributed by atoms with Gasteiger partial charge < -0.3 is 4.74 Å². The number of halogens is 1. The minimum atomic E-state index is -0.599. The van der Waals surface area contributed by atoms with E-state index >= 15 is 0 Å². The summed E-state index contributed by atoms with van der Waals surface area (Å²) in [6.45, 7) is 0. The molecular formula is C8H9FNO3+. The van der Waals surface area contributed by atoms with E-state index in [9.17, 15) is 9.30 Å². The van der Waals surface area contributed by atoms with E-state index in [4.69, 9.17) is 0 Å². The van der Waals surface area contributed by atoms with E-state index in [2.05, 4.69) is 9.57 Å². The van der Waals surface area contributed by atoms with Crippen LogP contribution < -0.4 is 4.74 Å². The summed E-state index contributed by atoms with van der Waals surface area (Å²) in [4.78, 5) is 15.4. The van der Waals surface area contributed by atoms with Crippen LogP contribution in [0.25, 0.3) is 0 Å². The van der Waals surface area contributed by atoms with E-state index in [-0.39, 0.29) is 16.4 Å². The number of hydrogen-bond donors (Lipinski definition) is 0. The van der Waals surface area contributed by atoms with E-state index in [1.165, 1.54) is 26.4 Å². The highest BCUT2D eigenvalue weighted by Crippen LogP contribution is 2.21. The highest BCUT2D eigenvalue weighted by molar-refractivity contribution is 5.37. The first-order valence-electron chi connectivity index (χ1n) is 3.54. The monoisotopic (exact) mass is 186 g/mol. The van der Waals surface area contributed by atoms with Crippen molar-refractivity contribution in [2.45, 2.75) is 0 Å². The maximum absolute atomic E-state index is 13.0. The number of methoxy groups -OCH3 is 1. The normalized spacial score (nSPS) is 9.46. The van der Waals surface area contributed by atoms with Gasteiger partial charge in [-0.3, -0.25) is 0 Å². The van der Waals surface area contributed by atoms with E-state index in [0.717, 1.165) is 6.07 Å². The van der Waals surface area contributed by atoms with Gasteiger partial charge in [0.15, 0.2) is 18.7 Å². The molecular weight excluding hydrogens is 177 g/mol. The average molecular weight is 186 g/mol. The molecule has 70 valence electrons. The van der Waals surface area contributed by atoms with Gasteiger partial charge in [0.1, 0.15) is 0 Å². The number of rotatable bonds is 3. The van der Waals surface area contributed by atoms with Crippen molar-refractivity contribution in [2.75, 3.05) is 14.2 Å². The zero-order valence-corrected chi connectivity index (χ0v) is 7.28. The van der Waals surface area contributed by atoms with Crippen molar-refractivity contribution < 1.29 is 18.9 Å². The molecule has 0 spiro atoms. The standard InChI is InChI=1S/C8H9FNO3/c1-12-8-4-3-6(5-7(8)9)10(11)13-2/h3-5H,1-2H3/q+1. The summed E-state index contributed by atoms with van der Waals surface area (Å²) in [5.41, 5.74) is 0.0841. The number of ether oxygens (including phenoxy) is 1. The Labute approximate surface area is 74.4 Å². The molecule has 1 rings (SSSR count). The second kappa shape index (κ2) is 3.84. The highest BCUT2D eigenvalue weighted by atomic mass is 19.1. The van der Waals surface area contributed by atoms with Gasteiger partial charge in [0.2, 0.25) is 0 Å². The average Bonchev–Trinajstić information content (AvgIpc) is 2.16. The smallest absolute Gasteiger partial charge is 0.319 e. The molecule has 13 heavy (non-hydrogen) atoms. The molecule has 0 fully saturated rings. The van der Waals surface area contributed by atoms with Crippen molar-refractivity contribution in [3.05, 3.63) is 28.9 Å². The molecule has 0 N–H and O–H groups in total. The molecule has 0 amide bonds. The van der Waals surface area contributed by atoms with Crippen LogP contribution in [0.1, 0.15) is 0 Å². The second-order valence-electron chi connectivity index (χ2n) is 2.26. The molecule has 1 aromatic rings. The van der Waals surface area contributed by atoms with Crippen molar-refractivity contribution in [2.24, 2.45) is 0 Å². The number of nitrogens with zero attached hydrogens (tertiary/aromatic N) is 1. The second-order valence-corrected chi connectivity index (χ2v) is 2.26. The summed E-state index contributed by atoms with van der Waals surface area (Å²) in [6.07, 6.45) is 0. The lowest BCUT2D eigenvalue weighted by Crippen LogP contribution is -1.98. The van der Waals surface area contributed by atoms with Gasteiger partial charge in [0, 0.05) is 6.07 Å². The maximum Gasteiger partial charge on any atom is 0.319 e. The van der Waals surface area contributed by atoms with Gasteiger partial charge in [-0.25, -0.2) is 9.23 Å². The van der Waals surface area contributed by atoms with Crippen molar-refractivity contribution >= 4 is 5.69 Å². The summed E-state index contributed by atoms with van der Waals surface area (Å²) in [5.74, 6) is -0.508. The minimum absolute atomic E-state index is 0.0841. The van der Waals surface area contributed by atoms with E-state index in [1.807, 2.05) is 0 Å². The number of benzene rings is 1. The molecule has 0 bridgehead atoms. The molecule has 0 unspecified atom stereocenters. The quantitative estimate of drug-likeness (QED) is 0.675. The Balaban J connectivity index is 3.02. The van der Waals surface area contributed by atoms with Crippen LogP contribution in [-0.4, -0.2) is 19.1 Å². The summed E-state index contributed by atoms with van der Waals surface area (Å²) < 4.78 is 17.7. The topological polar surface area (TPSA) is 38.5 Å². The predicted octanol–water partition coefficient (Wildman–Crippen LogP) is 1.81. The van der Waals surface area contributed by atoms with Crippen LogP contribution in [0.3, 0.4) is 0 Å². The molecule has 0 atom stereocenters. The van der Waals surface area contributed by atoms with Gasteiger partial charge in [-0.15, -0.1) is 0 Å². The van der Waals surface area contributed by atoms with E-state index in [0.29, 0.717) is 0 Å². The van der Waals surface area contributed by atoms with Crippen molar-refractivity contribution in [3.8, 4) is 5.75 Å². The third-order valence-corrected chi connectivity index (χ3v) is 1.51. The summed E-state index contributed by atoms with van der Waals surface area (Å²) in [5, 5.41) is 0. The third-order valence-electron chi connectivity index (χ3n) is 1.51. The molecule has 0 aliphatic carbocycles.